The zero-order chi connectivity index (χ0) is 15.9. The topological polar surface area (TPSA) is 81.6 Å². The van der Waals surface area contributed by atoms with Crippen LogP contribution in [0.4, 0.5) is 5.69 Å². The number of carbonyl (C=O) groups is 1. The molecule has 0 unspecified atom stereocenters. The molecule has 0 aromatic heterocycles. The third-order valence-electron chi connectivity index (χ3n) is 3.01. The van der Waals surface area contributed by atoms with Crippen molar-refractivity contribution in [2.45, 2.75) is 12.5 Å². The van der Waals surface area contributed by atoms with E-state index in [-0.39, 0.29) is 17.3 Å². The van der Waals surface area contributed by atoms with Crippen LogP contribution in [0, 0.1) is 0 Å². The second-order valence-electron chi connectivity index (χ2n) is 4.73. The van der Waals surface area contributed by atoms with Gasteiger partial charge in [0, 0.05) is 12.1 Å². The van der Waals surface area contributed by atoms with E-state index in [0.29, 0.717) is 0 Å². The van der Waals surface area contributed by atoms with Gasteiger partial charge >= 0.3 is 5.97 Å². The normalized spacial score (nSPS) is 11.5. The van der Waals surface area contributed by atoms with Gasteiger partial charge in [0.15, 0.2) is 5.11 Å². The molecule has 22 heavy (non-hydrogen) atoms. The quantitative estimate of drug-likeness (QED) is 0.634. The molecule has 2 aromatic rings. The number of hydrogen-bond acceptors (Lipinski definition) is 3. The Bertz CT molecular complexity index is 644. The van der Waals surface area contributed by atoms with Crippen LogP contribution in [-0.4, -0.2) is 27.3 Å². The van der Waals surface area contributed by atoms with Crippen molar-refractivity contribution in [1.82, 2.24) is 5.32 Å². The van der Waals surface area contributed by atoms with Crippen LogP contribution in [0.5, 0.6) is 5.75 Å². The van der Waals surface area contributed by atoms with Gasteiger partial charge in [-0.2, -0.15) is 0 Å². The molecule has 0 spiro atoms. The van der Waals surface area contributed by atoms with Crippen LogP contribution in [-0.2, 0) is 11.2 Å². The van der Waals surface area contributed by atoms with Crippen molar-refractivity contribution in [3.63, 3.8) is 0 Å². The van der Waals surface area contributed by atoms with E-state index in [2.05, 4.69) is 10.6 Å². The molecule has 1 atom stereocenters. The molecule has 114 valence electrons. The summed E-state index contributed by atoms with van der Waals surface area (Å²) in [7, 11) is 0. The molecule has 0 aliphatic rings. The summed E-state index contributed by atoms with van der Waals surface area (Å²) in [5, 5.41) is 24.5. The first kappa shape index (κ1) is 15.8. The van der Waals surface area contributed by atoms with Crippen LogP contribution in [0.1, 0.15) is 5.56 Å². The lowest BCUT2D eigenvalue weighted by atomic mass is 10.1. The summed E-state index contributed by atoms with van der Waals surface area (Å²) in [6.07, 6.45) is 0.256. The molecule has 0 saturated heterocycles. The number of hydrogen-bond donors (Lipinski definition) is 4. The van der Waals surface area contributed by atoms with Gasteiger partial charge in [0.25, 0.3) is 0 Å². The first-order valence-corrected chi connectivity index (χ1v) is 7.08. The van der Waals surface area contributed by atoms with Crippen LogP contribution in [0.25, 0.3) is 0 Å². The Hall–Kier alpha value is -2.60. The zero-order valence-electron chi connectivity index (χ0n) is 11.7. The number of para-hydroxylation sites is 1. The van der Waals surface area contributed by atoms with Gasteiger partial charge < -0.3 is 20.8 Å². The van der Waals surface area contributed by atoms with E-state index in [1.165, 1.54) is 12.1 Å². The molecule has 6 heteroatoms. The van der Waals surface area contributed by atoms with Gasteiger partial charge in [-0.3, -0.25) is 0 Å². The Morgan fingerprint density at radius 2 is 1.73 bits per heavy atom. The third kappa shape index (κ3) is 4.75. The predicted molar refractivity (Wildman–Crippen MR) is 89.0 cm³/mol. The minimum atomic E-state index is -0.995. The summed E-state index contributed by atoms with van der Waals surface area (Å²) in [6.45, 7) is 0. The average Bonchev–Trinajstić information content (AvgIpc) is 2.49. The van der Waals surface area contributed by atoms with Gasteiger partial charge in [-0.1, -0.05) is 30.3 Å². The van der Waals surface area contributed by atoms with Crippen LogP contribution < -0.4 is 10.6 Å². The van der Waals surface area contributed by atoms with Gasteiger partial charge in [0.05, 0.1) is 0 Å². The molecule has 5 nitrogen and oxygen atoms in total. The third-order valence-corrected chi connectivity index (χ3v) is 3.23. The summed E-state index contributed by atoms with van der Waals surface area (Å²) in [5.41, 5.74) is 1.58. The minimum absolute atomic E-state index is 0.143. The molecule has 0 heterocycles. The lowest BCUT2D eigenvalue weighted by Crippen LogP contribution is -2.44. The number of thiocarbonyl (C=S) groups is 1. The highest BCUT2D eigenvalue weighted by Gasteiger charge is 2.19. The smallest absolute Gasteiger partial charge is 0.326 e. The van der Waals surface area contributed by atoms with Crippen LogP contribution in [0.2, 0.25) is 0 Å². The van der Waals surface area contributed by atoms with Crippen molar-refractivity contribution in [2.24, 2.45) is 0 Å². The highest BCUT2D eigenvalue weighted by Crippen LogP contribution is 2.12. The Balaban J connectivity index is 1.98. The SMILES string of the molecule is O=C(O)[C@@H](Cc1ccc(O)cc1)NC(=S)Nc1ccccc1. The van der Waals surface area contributed by atoms with Gasteiger partial charge in [-0.25, -0.2) is 4.79 Å². The molecule has 0 fully saturated rings. The summed E-state index contributed by atoms with van der Waals surface area (Å²) in [6, 6.07) is 14.8. The van der Waals surface area contributed by atoms with Crippen molar-refractivity contribution in [3.8, 4) is 5.75 Å². The second-order valence-corrected chi connectivity index (χ2v) is 5.13. The largest absolute Gasteiger partial charge is 0.508 e. The maximum Gasteiger partial charge on any atom is 0.326 e. The van der Waals surface area contributed by atoms with Crippen molar-refractivity contribution in [2.75, 3.05) is 5.32 Å². The Morgan fingerprint density at radius 1 is 1.09 bits per heavy atom. The zero-order valence-corrected chi connectivity index (χ0v) is 12.5. The lowest BCUT2D eigenvalue weighted by molar-refractivity contribution is -0.139. The maximum absolute atomic E-state index is 11.4. The first-order chi connectivity index (χ1) is 10.5. The average molecular weight is 316 g/mol. The van der Waals surface area contributed by atoms with Gasteiger partial charge in [0.1, 0.15) is 11.8 Å². The molecular weight excluding hydrogens is 300 g/mol. The van der Waals surface area contributed by atoms with Crippen molar-refractivity contribution < 1.29 is 15.0 Å². The molecule has 2 aromatic carbocycles. The van der Waals surface area contributed by atoms with E-state index in [9.17, 15) is 15.0 Å². The summed E-state index contributed by atoms with van der Waals surface area (Å²) < 4.78 is 0. The summed E-state index contributed by atoms with van der Waals surface area (Å²) >= 11 is 5.14. The number of carboxylic acids is 1. The van der Waals surface area contributed by atoms with Crippen LogP contribution in [0.3, 0.4) is 0 Å². The highest BCUT2D eigenvalue weighted by atomic mass is 32.1. The number of phenolic OH excluding ortho intramolecular Hbond substituents is 1. The Kier molecular flexibility index (Phi) is 5.32. The molecular formula is C16H16N2O3S. The van der Waals surface area contributed by atoms with Crippen molar-refractivity contribution >= 4 is 29.0 Å². The molecule has 0 bridgehead atoms. The second kappa shape index (κ2) is 7.42. The maximum atomic E-state index is 11.4. The van der Waals surface area contributed by atoms with E-state index < -0.39 is 12.0 Å². The van der Waals surface area contributed by atoms with Crippen LogP contribution in [0.15, 0.2) is 54.6 Å². The Morgan fingerprint density at radius 3 is 2.32 bits per heavy atom. The summed E-state index contributed by atoms with van der Waals surface area (Å²) in [5.74, 6) is -0.852. The molecule has 0 amide bonds. The number of rotatable bonds is 5. The van der Waals surface area contributed by atoms with Crippen molar-refractivity contribution in [1.29, 1.82) is 0 Å². The molecule has 4 N–H and O–H groups in total. The molecule has 0 aliphatic carbocycles. The lowest BCUT2D eigenvalue weighted by Gasteiger charge is -2.17. The number of benzene rings is 2. The monoisotopic (exact) mass is 316 g/mol. The van der Waals surface area contributed by atoms with E-state index >= 15 is 0 Å². The number of aromatic hydroxyl groups is 1. The molecule has 0 radical (unpaired) electrons. The van der Waals surface area contributed by atoms with Gasteiger partial charge in [-0.15, -0.1) is 0 Å². The predicted octanol–water partition coefficient (Wildman–Crippen LogP) is 2.37. The number of phenols is 1. The van der Waals surface area contributed by atoms with E-state index in [1.807, 2.05) is 30.3 Å². The number of aliphatic carboxylic acids is 1. The Labute approximate surface area is 133 Å². The fraction of sp³-hybridized carbons (Fsp3) is 0.125. The van der Waals surface area contributed by atoms with Crippen molar-refractivity contribution in [3.05, 3.63) is 60.2 Å². The van der Waals surface area contributed by atoms with Gasteiger partial charge in [0.2, 0.25) is 0 Å². The van der Waals surface area contributed by atoms with E-state index in [4.69, 9.17) is 12.2 Å². The fourth-order valence-electron chi connectivity index (χ4n) is 1.91. The summed E-state index contributed by atoms with van der Waals surface area (Å²) in [4.78, 5) is 11.4. The number of carboxylic acid groups (broad SMARTS) is 1. The fourth-order valence-corrected chi connectivity index (χ4v) is 2.17. The molecule has 0 saturated carbocycles. The van der Waals surface area contributed by atoms with E-state index in [1.54, 1.807) is 12.1 Å². The first-order valence-electron chi connectivity index (χ1n) is 6.68. The number of nitrogens with one attached hydrogen (secondary N) is 2. The van der Waals surface area contributed by atoms with Gasteiger partial charge in [-0.05, 0) is 42.0 Å². The standard InChI is InChI=1S/C16H16N2O3S/c19-13-8-6-11(7-9-13)10-14(15(20)21)18-16(22)17-12-4-2-1-3-5-12/h1-9,14,19H,10H2,(H,20,21)(H2,17,18,22)/t14-/m1/s1. The highest BCUT2D eigenvalue weighted by molar-refractivity contribution is 7.80. The number of anilines is 1. The minimum Gasteiger partial charge on any atom is -0.508 e. The van der Waals surface area contributed by atoms with Crippen LogP contribution >= 0.6 is 12.2 Å². The molecule has 2 rings (SSSR count). The molecule has 0 aliphatic heterocycles. The van der Waals surface area contributed by atoms with E-state index in [0.717, 1.165) is 11.3 Å².